The Balaban J connectivity index is 2.79. The molecule has 13 heavy (non-hydrogen) atoms. The SMILES string of the molecule is N[NH+]([O-])Cc1cccc([NH+](N)[O-])c1. The van der Waals surface area contributed by atoms with Crippen molar-refractivity contribution >= 4 is 5.69 Å². The number of nitrogens with one attached hydrogen (secondary N) is 2. The van der Waals surface area contributed by atoms with Gasteiger partial charge in [0.2, 0.25) is 0 Å². The molecule has 0 saturated carbocycles. The highest BCUT2D eigenvalue weighted by Crippen LogP contribution is 2.04. The zero-order valence-electron chi connectivity index (χ0n) is 6.99. The molecule has 0 aliphatic rings. The summed E-state index contributed by atoms with van der Waals surface area (Å²) in [6.07, 6.45) is 0. The molecule has 1 aromatic carbocycles. The molecule has 6 N–H and O–H groups in total. The van der Waals surface area contributed by atoms with Crippen molar-refractivity contribution in [3.05, 3.63) is 40.2 Å². The van der Waals surface area contributed by atoms with Crippen molar-refractivity contribution in [3.8, 4) is 0 Å². The van der Waals surface area contributed by atoms with Crippen LogP contribution in [0.3, 0.4) is 0 Å². The van der Waals surface area contributed by atoms with Gasteiger partial charge in [0.05, 0.1) is 0 Å². The molecule has 2 unspecified atom stereocenters. The summed E-state index contributed by atoms with van der Waals surface area (Å²) in [4.78, 5) is 0. The van der Waals surface area contributed by atoms with Gasteiger partial charge in [0.1, 0.15) is 6.54 Å². The van der Waals surface area contributed by atoms with Crippen LogP contribution in [-0.2, 0) is 6.54 Å². The lowest BCUT2D eigenvalue weighted by Crippen LogP contribution is -3.11. The molecule has 0 aliphatic carbocycles. The van der Waals surface area contributed by atoms with Crippen LogP contribution in [0, 0.1) is 10.4 Å². The summed E-state index contributed by atoms with van der Waals surface area (Å²) in [5.41, 5.74) is 1.09. The van der Waals surface area contributed by atoms with E-state index >= 15 is 0 Å². The summed E-state index contributed by atoms with van der Waals surface area (Å²) in [5, 5.41) is 20.4. The fourth-order valence-electron chi connectivity index (χ4n) is 1.04. The second-order valence-corrected chi connectivity index (χ2v) is 2.71. The van der Waals surface area contributed by atoms with Gasteiger partial charge >= 0.3 is 0 Å². The van der Waals surface area contributed by atoms with Gasteiger partial charge in [-0.1, -0.05) is 12.1 Å². The summed E-state index contributed by atoms with van der Waals surface area (Å²) in [6, 6.07) is 6.54. The Bertz CT molecular complexity index is 277. The molecule has 0 radical (unpaired) electrons. The van der Waals surface area contributed by atoms with Crippen molar-refractivity contribution in [2.24, 2.45) is 11.7 Å². The molecule has 2 atom stereocenters. The largest absolute Gasteiger partial charge is 0.613 e. The van der Waals surface area contributed by atoms with Crippen LogP contribution in [0.2, 0.25) is 0 Å². The third kappa shape index (κ3) is 3.07. The number of rotatable bonds is 3. The maximum Gasteiger partial charge on any atom is 0.150 e. The third-order valence-corrected chi connectivity index (χ3v) is 1.59. The Morgan fingerprint density at radius 3 is 2.46 bits per heavy atom. The number of nitrogen functional groups attached to an aromatic ring is 1. The molecule has 6 nitrogen and oxygen atoms in total. The van der Waals surface area contributed by atoms with Crippen LogP contribution in [0.1, 0.15) is 5.56 Å². The normalized spacial score (nSPS) is 15.4. The van der Waals surface area contributed by atoms with E-state index in [2.05, 4.69) is 0 Å². The van der Waals surface area contributed by atoms with E-state index in [1.54, 1.807) is 24.3 Å². The van der Waals surface area contributed by atoms with E-state index in [1.807, 2.05) is 0 Å². The van der Waals surface area contributed by atoms with E-state index < -0.39 is 10.3 Å². The Morgan fingerprint density at radius 1 is 1.23 bits per heavy atom. The smallest absolute Gasteiger partial charge is 0.150 e. The Labute approximate surface area is 75.4 Å². The summed E-state index contributed by atoms with van der Waals surface area (Å²) >= 11 is 0. The lowest BCUT2D eigenvalue weighted by molar-refractivity contribution is -0.875. The monoisotopic (exact) mass is 184 g/mol. The Hall–Kier alpha value is -1.02. The maximum atomic E-state index is 10.7. The van der Waals surface area contributed by atoms with Crippen LogP contribution in [0.4, 0.5) is 5.69 Å². The summed E-state index contributed by atoms with van der Waals surface area (Å²) in [7, 11) is 0. The predicted octanol–water partition coefficient (Wildman–Crippen LogP) is -2.67. The molecule has 0 saturated heterocycles. The van der Waals surface area contributed by atoms with Crippen LogP contribution < -0.4 is 22.0 Å². The fraction of sp³-hybridized carbons (Fsp3) is 0.143. The predicted molar refractivity (Wildman–Crippen MR) is 46.8 cm³/mol. The molecule has 6 heteroatoms. The molecule has 0 aliphatic heterocycles. The molecular formula is C7H12N4O2. The van der Waals surface area contributed by atoms with E-state index in [1.165, 1.54) is 0 Å². The number of hydrogen-bond donors (Lipinski definition) is 4. The van der Waals surface area contributed by atoms with Crippen molar-refractivity contribution in [1.29, 1.82) is 0 Å². The van der Waals surface area contributed by atoms with Crippen molar-refractivity contribution in [2.45, 2.75) is 6.54 Å². The highest BCUT2D eigenvalue weighted by atomic mass is 16.5. The van der Waals surface area contributed by atoms with Gasteiger partial charge in [0.25, 0.3) is 0 Å². The van der Waals surface area contributed by atoms with Gasteiger partial charge in [-0.2, -0.15) is 11.7 Å². The molecule has 0 spiro atoms. The van der Waals surface area contributed by atoms with Crippen molar-refractivity contribution in [1.82, 2.24) is 0 Å². The van der Waals surface area contributed by atoms with Crippen LogP contribution >= 0.6 is 0 Å². The molecule has 1 aromatic rings. The first-order valence-electron chi connectivity index (χ1n) is 3.76. The molecule has 0 fully saturated rings. The van der Waals surface area contributed by atoms with Crippen LogP contribution in [0.15, 0.2) is 24.3 Å². The standard InChI is InChI=1S/C7H12N4O2/c8-10(12)5-6-2-1-3-7(4-6)11(9)13/h1-4,10-11H,5,8-9H2. The number of hydrogen-bond acceptors (Lipinski definition) is 4. The fourth-order valence-corrected chi connectivity index (χ4v) is 1.04. The van der Waals surface area contributed by atoms with Crippen molar-refractivity contribution in [2.75, 3.05) is 0 Å². The highest BCUT2D eigenvalue weighted by molar-refractivity contribution is 5.33. The summed E-state index contributed by atoms with van der Waals surface area (Å²) < 4.78 is 0. The van der Waals surface area contributed by atoms with Crippen LogP contribution in [0.25, 0.3) is 0 Å². The number of hydroxylamine groups is 1. The number of quaternary nitrogens is 2. The minimum absolute atomic E-state index is 0.126. The van der Waals surface area contributed by atoms with Gasteiger partial charge in [0.15, 0.2) is 5.69 Å². The number of benzene rings is 1. The van der Waals surface area contributed by atoms with E-state index in [9.17, 15) is 10.4 Å². The van der Waals surface area contributed by atoms with Gasteiger partial charge in [0, 0.05) is 17.7 Å². The van der Waals surface area contributed by atoms with E-state index in [4.69, 9.17) is 11.7 Å². The second kappa shape index (κ2) is 4.28. The van der Waals surface area contributed by atoms with Gasteiger partial charge in [-0.25, -0.2) is 0 Å². The third-order valence-electron chi connectivity index (χ3n) is 1.59. The minimum Gasteiger partial charge on any atom is -0.613 e. The quantitative estimate of drug-likeness (QED) is 0.303. The van der Waals surface area contributed by atoms with Gasteiger partial charge in [-0.05, 0) is 0 Å². The molecule has 1 rings (SSSR count). The topological polar surface area (TPSA) is 107 Å². The minimum atomic E-state index is -0.508. The highest BCUT2D eigenvalue weighted by Gasteiger charge is 2.01. The van der Waals surface area contributed by atoms with E-state index in [0.29, 0.717) is 11.3 Å². The molecule has 72 valence electrons. The van der Waals surface area contributed by atoms with Crippen LogP contribution in [0.5, 0.6) is 0 Å². The van der Waals surface area contributed by atoms with Crippen LogP contribution in [-0.4, -0.2) is 0 Å². The lowest BCUT2D eigenvalue weighted by Gasteiger charge is -2.17. The van der Waals surface area contributed by atoms with Crippen molar-refractivity contribution in [3.63, 3.8) is 0 Å². The van der Waals surface area contributed by atoms with E-state index in [-0.39, 0.29) is 6.54 Å². The van der Waals surface area contributed by atoms with Gasteiger partial charge in [-0.15, -0.1) is 0 Å². The van der Waals surface area contributed by atoms with E-state index in [0.717, 1.165) is 0 Å². The van der Waals surface area contributed by atoms with Crippen molar-refractivity contribution < 1.29 is 10.3 Å². The first-order chi connectivity index (χ1) is 6.09. The Morgan fingerprint density at radius 2 is 1.92 bits per heavy atom. The second-order valence-electron chi connectivity index (χ2n) is 2.71. The summed E-state index contributed by atoms with van der Waals surface area (Å²) in [6.45, 7) is 0.126. The lowest BCUT2D eigenvalue weighted by atomic mass is 10.2. The Kier molecular flexibility index (Phi) is 3.32. The first kappa shape index (κ1) is 10.1. The maximum absolute atomic E-state index is 10.7. The average Bonchev–Trinajstić information content (AvgIpc) is 2.03. The molecule has 0 heterocycles. The average molecular weight is 184 g/mol. The molecule has 0 amide bonds. The zero-order chi connectivity index (χ0) is 9.84. The molecular weight excluding hydrogens is 172 g/mol. The van der Waals surface area contributed by atoms with Gasteiger partial charge < -0.3 is 10.4 Å². The molecule has 0 bridgehead atoms. The summed E-state index contributed by atoms with van der Waals surface area (Å²) in [5.74, 6) is 10.1. The zero-order valence-corrected chi connectivity index (χ0v) is 6.99. The first-order valence-corrected chi connectivity index (χ1v) is 3.76. The molecule has 0 aromatic heterocycles. The number of nitrogens with two attached hydrogens (primary N) is 2. The van der Waals surface area contributed by atoms with Gasteiger partial charge in [-0.3, -0.25) is 10.3 Å².